The highest BCUT2D eigenvalue weighted by Gasteiger charge is 2.17. The molecular weight excluding hydrogens is 190 g/mol. The number of hydrogen-bond donors (Lipinski definition) is 1. The number of hydrogen-bond acceptors (Lipinski definition) is 2. The van der Waals surface area contributed by atoms with Gasteiger partial charge in [-0.3, -0.25) is 5.32 Å². The fourth-order valence-electron chi connectivity index (χ4n) is 0.927. The van der Waals surface area contributed by atoms with Gasteiger partial charge in [0.05, 0.1) is 0 Å². The molecule has 86 valence electrons. The molecule has 3 nitrogen and oxygen atoms in total. The number of rotatable bonds is 3. The second-order valence-corrected chi connectivity index (χ2v) is 4.64. The van der Waals surface area contributed by atoms with E-state index in [4.69, 9.17) is 4.74 Å². The molecule has 0 aliphatic heterocycles. The van der Waals surface area contributed by atoms with E-state index in [0.717, 1.165) is 5.70 Å². The van der Waals surface area contributed by atoms with Crippen LogP contribution >= 0.6 is 0 Å². The van der Waals surface area contributed by atoms with Gasteiger partial charge in [0.2, 0.25) is 0 Å². The Morgan fingerprint density at radius 1 is 1.40 bits per heavy atom. The lowest BCUT2D eigenvalue weighted by Crippen LogP contribution is -2.33. The molecule has 0 heterocycles. The average molecular weight is 211 g/mol. The first-order valence-corrected chi connectivity index (χ1v) is 5.09. The molecule has 0 aliphatic carbocycles. The summed E-state index contributed by atoms with van der Waals surface area (Å²) in [6.45, 7) is 13.1. The van der Waals surface area contributed by atoms with Crippen LogP contribution in [0.15, 0.2) is 24.4 Å². The third-order valence-electron chi connectivity index (χ3n) is 1.56. The van der Waals surface area contributed by atoms with E-state index in [-0.39, 0.29) is 5.92 Å². The Morgan fingerprint density at radius 2 is 1.93 bits per heavy atom. The van der Waals surface area contributed by atoms with E-state index >= 15 is 0 Å². The van der Waals surface area contributed by atoms with Crippen LogP contribution in [0, 0.1) is 5.92 Å². The molecule has 0 radical (unpaired) electrons. The third-order valence-corrected chi connectivity index (χ3v) is 1.56. The number of nitrogens with one attached hydrogen (secondary N) is 1. The zero-order valence-electron chi connectivity index (χ0n) is 10.3. The summed E-state index contributed by atoms with van der Waals surface area (Å²) < 4.78 is 5.14. The molecule has 0 aromatic carbocycles. The van der Waals surface area contributed by atoms with Gasteiger partial charge in [-0.05, 0) is 32.8 Å². The lowest BCUT2D eigenvalue weighted by molar-refractivity contribution is 0.0541. The predicted molar refractivity (Wildman–Crippen MR) is 62.5 cm³/mol. The zero-order valence-corrected chi connectivity index (χ0v) is 10.3. The molecule has 0 aromatic heterocycles. The molecular formula is C12H21NO2. The van der Waals surface area contributed by atoms with Crippen molar-refractivity contribution < 1.29 is 9.53 Å². The number of alkyl carbamates (subject to hydrolysis) is 1. The minimum absolute atomic E-state index is 0.232. The van der Waals surface area contributed by atoms with Gasteiger partial charge in [0, 0.05) is 5.70 Å². The maximum absolute atomic E-state index is 11.4. The van der Waals surface area contributed by atoms with Crippen LogP contribution in [0.5, 0.6) is 0 Å². The van der Waals surface area contributed by atoms with E-state index in [1.54, 1.807) is 12.2 Å². The van der Waals surface area contributed by atoms with Crippen molar-refractivity contribution in [2.45, 2.75) is 40.2 Å². The summed E-state index contributed by atoms with van der Waals surface area (Å²) in [5.41, 5.74) is 0.333. The van der Waals surface area contributed by atoms with E-state index in [1.807, 2.05) is 34.6 Å². The van der Waals surface area contributed by atoms with Crippen LogP contribution in [0.25, 0.3) is 0 Å². The summed E-state index contributed by atoms with van der Waals surface area (Å²) >= 11 is 0. The van der Waals surface area contributed by atoms with E-state index < -0.39 is 11.7 Å². The van der Waals surface area contributed by atoms with E-state index in [0.29, 0.717) is 0 Å². The number of allylic oxidation sites excluding steroid dienone is 3. The zero-order chi connectivity index (χ0) is 12.1. The number of carbonyl (C=O) groups is 1. The van der Waals surface area contributed by atoms with Crippen LogP contribution in [0.4, 0.5) is 4.79 Å². The molecule has 3 heteroatoms. The molecule has 0 rings (SSSR count). The van der Waals surface area contributed by atoms with E-state index in [9.17, 15) is 4.79 Å². The van der Waals surface area contributed by atoms with Crippen LogP contribution in [0.1, 0.15) is 34.6 Å². The van der Waals surface area contributed by atoms with Gasteiger partial charge in [-0.2, -0.15) is 0 Å². The summed E-state index contributed by atoms with van der Waals surface area (Å²) in [6, 6.07) is 0. The van der Waals surface area contributed by atoms with E-state index in [1.165, 1.54) is 0 Å². The van der Waals surface area contributed by atoms with Gasteiger partial charge >= 0.3 is 6.09 Å². The quantitative estimate of drug-likeness (QED) is 0.728. The summed E-state index contributed by atoms with van der Waals surface area (Å²) in [4.78, 5) is 11.4. The van der Waals surface area contributed by atoms with Gasteiger partial charge in [-0.25, -0.2) is 4.79 Å². The van der Waals surface area contributed by atoms with Gasteiger partial charge in [0.15, 0.2) is 0 Å². The number of carbonyl (C=O) groups excluding carboxylic acids is 1. The molecule has 1 amide bonds. The van der Waals surface area contributed by atoms with Crippen molar-refractivity contribution in [3.8, 4) is 0 Å². The van der Waals surface area contributed by atoms with Crippen molar-refractivity contribution >= 4 is 6.09 Å². The second kappa shape index (κ2) is 5.59. The molecule has 0 saturated carbocycles. The topological polar surface area (TPSA) is 38.3 Å². The highest BCUT2D eigenvalue weighted by Crippen LogP contribution is 2.10. The highest BCUT2D eigenvalue weighted by atomic mass is 16.6. The normalized spacial score (nSPS) is 12.5. The highest BCUT2D eigenvalue weighted by molar-refractivity contribution is 5.70. The average Bonchev–Trinajstić information content (AvgIpc) is 1.99. The van der Waals surface area contributed by atoms with Gasteiger partial charge in [-0.1, -0.05) is 26.5 Å². The summed E-state index contributed by atoms with van der Waals surface area (Å²) in [7, 11) is 0. The predicted octanol–water partition coefficient (Wildman–Crippen LogP) is 3.24. The molecule has 0 bridgehead atoms. The Balaban J connectivity index is 4.38. The largest absolute Gasteiger partial charge is 0.444 e. The first-order valence-electron chi connectivity index (χ1n) is 5.09. The van der Waals surface area contributed by atoms with Crippen LogP contribution in [0.2, 0.25) is 0 Å². The molecule has 15 heavy (non-hydrogen) atoms. The molecule has 0 fully saturated rings. The first kappa shape index (κ1) is 13.8. The molecule has 0 spiro atoms. The maximum Gasteiger partial charge on any atom is 0.411 e. The standard InChI is InChI=1S/C12H21NO2/c1-7-8-10(9(2)3)13-11(14)15-12(4,5)6/h7-9H,1H2,2-6H3,(H,13,14)/b10-8+. The smallest absolute Gasteiger partial charge is 0.411 e. The van der Waals surface area contributed by atoms with Crippen LogP contribution in [0.3, 0.4) is 0 Å². The summed E-state index contributed by atoms with van der Waals surface area (Å²) in [5.74, 6) is 0.232. The second-order valence-electron chi connectivity index (χ2n) is 4.64. The lowest BCUT2D eigenvalue weighted by atomic mass is 10.1. The third kappa shape index (κ3) is 6.77. The van der Waals surface area contributed by atoms with E-state index in [2.05, 4.69) is 11.9 Å². The summed E-state index contributed by atoms with van der Waals surface area (Å²) in [5, 5.41) is 2.70. The number of amides is 1. The van der Waals surface area contributed by atoms with Crippen LogP contribution in [-0.4, -0.2) is 11.7 Å². The molecule has 0 aliphatic rings. The number of ether oxygens (including phenoxy) is 1. The molecule has 0 atom stereocenters. The molecule has 0 aromatic rings. The van der Waals surface area contributed by atoms with Crippen molar-refractivity contribution in [1.29, 1.82) is 0 Å². The van der Waals surface area contributed by atoms with Crippen molar-refractivity contribution in [1.82, 2.24) is 5.32 Å². The van der Waals surface area contributed by atoms with Crippen molar-refractivity contribution in [2.75, 3.05) is 0 Å². The molecule has 0 unspecified atom stereocenters. The fraction of sp³-hybridized carbons (Fsp3) is 0.583. The summed E-state index contributed by atoms with van der Waals surface area (Å²) in [6.07, 6.45) is 2.99. The minimum Gasteiger partial charge on any atom is -0.444 e. The molecule has 1 N–H and O–H groups in total. The fourth-order valence-corrected chi connectivity index (χ4v) is 0.927. The Hall–Kier alpha value is -1.25. The monoisotopic (exact) mass is 211 g/mol. The Labute approximate surface area is 92.2 Å². The molecule has 0 saturated heterocycles. The van der Waals surface area contributed by atoms with Gasteiger partial charge in [0.25, 0.3) is 0 Å². The van der Waals surface area contributed by atoms with Gasteiger partial charge in [-0.15, -0.1) is 0 Å². The Morgan fingerprint density at radius 3 is 2.27 bits per heavy atom. The SMILES string of the molecule is C=C/C=C(/NC(=O)OC(C)(C)C)C(C)C. The van der Waals surface area contributed by atoms with Crippen molar-refractivity contribution in [2.24, 2.45) is 5.92 Å². The first-order chi connectivity index (χ1) is 6.76. The van der Waals surface area contributed by atoms with Gasteiger partial charge < -0.3 is 4.74 Å². The van der Waals surface area contributed by atoms with Crippen molar-refractivity contribution in [3.05, 3.63) is 24.4 Å². The van der Waals surface area contributed by atoms with Gasteiger partial charge in [0.1, 0.15) is 5.60 Å². The maximum atomic E-state index is 11.4. The minimum atomic E-state index is -0.472. The van der Waals surface area contributed by atoms with Crippen LogP contribution in [-0.2, 0) is 4.74 Å². The van der Waals surface area contributed by atoms with Crippen LogP contribution < -0.4 is 5.32 Å². The Kier molecular flexibility index (Phi) is 5.12. The lowest BCUT2D eigenvalue weighted by Gasteiger charge is -2.21. The Bertz CT molecular complexity index is 259. The van der Waals surface area contributed by atoms with Crippen molar-refractivity contribution in [3.63, 3.8) is 0 Å².